The monoisotopic (exact) mass is 749 g/mol. The fourth-order valence-electron chi connectivity index (χ4n) is 6.40. The number of hydrogen-bond acceptors (Lipinski definition) is 5. The molecule has 7 nitrogen and oxygen atoms in total. The Labute approximate surface area is 278 Å². The van der Waals surface area contributed by atoms with Gasteiger partial charge < -0.3 is 5.32 Å². The van der Waals surface area contributed by atoms with E-state index in [2.05, 4.69) is 23.9 Å². The van der Waals surface area contributed by atoms with Gasteiger partial charge in [-0.15, -0.1) is 0 Å². The standard InChI is InChI=1S/C34H42F2IN5O2S/c1-19(2)7-9-22-10-12-23(13-11-22)25-18-39-34(38-6)31-32(40-42(20(3)4)33(25)31)24-16-27(36)29(17-26(24)35)41-45(43,44)30-15-21(5)8-14-28(30)37/h8,14-20,22-23,41H,7,9-13H2,1-6H3,(H,38,39)/t22-,23-. The number of fused-ring (bicyclic) bond motifs is 1. The third kappa shape index (κ3) is 6.99. The molecule has 1 fully saturated rings. The van der Waals surface area contributed by atoms with Gasteiger partial charge in [-0.1, -0.05) is 32.8 Å². The van der Waals surface area contributed by atoms with Crippen LogP contribution in [0.25, 0.3) is 22.2 Å². The zero-order valence-corrected chi connectivity index (χ0v) is 29.7. The van der Waals surface area contributed by atoms with E-state index in [0.717, 1.165) is 60.4 Å². The maximum Gasteiger partial charge on any atom is 0.263 e. The third-order valence-corrected chi connectivity index (χ3v) is 11.6. The molecule has 0 bridgehead atoms. The zero-order chi connectivity index (χ0) is 32.6. The van der Waals surface area contributed by atoms with Crippen molar-refractivity contribution in [3.8, 4) is 11.3 Å². The lowest BCUT2D eigenvalue weighted by Gasteiger charge is -2.30. The van der Waals surface area contributed by atoms with Gasteiger partial charge in [0.2, 0.25) is 0 Å². The summed E-state index contributed by atoms with van der Waals surface area (Å²) in [7, 11) is -2.42. The number of hydrogen-bond donors (Lipinski definition) is 2. The van der Waals surface area contributed by atoms with Crippen molar-refractivity contribution >= 4 is 55.0 Å². The van der Waals surface area contributed by atoms with Crippen LogP contribution in [0.2, 0.25) is 0 Å². The highest BCUT2D eigenvalue weighted by Crippen LogP contribution is 2.44. The summed E-state index contributed by atoms with van der Waals surface area (Å²) in [5, 5.41) is 8.61. The minimum atomic E-state index is -4.17. The maximum absolute atomic E-state index is 15.9. The van der Waals surface area contributed by atoms with Crippen molar-refractivity contribution in [3.05, 3.63) is 62.9 Å². The molecule has 0 spiro atoms. The van der Waals surface area contributed by atoms with Crippen LogP contribution in [-0.2, 0) is 10.0 Å². The van der Waals surface area contributed by atoms with Crippen molar-refractivity contribution in [1.82, 2.24) is 14.8 Å². The number of halogens is 3. The molecule has 0 atom stereocenters. The van der Waals surface area contributed by atoms with Crippen LogP contribution < -0.4 is 10.0 Å². The predicted molar refractivity (Wildman–Crippen MR) is 186 cm³/mol. The van der Waals surface area contributed by atoms with Crippen LogP contribution in [0, 0.1) is 34.0 Å². The second-order valence-electron chi connectivity index (χ2n) is 13.0. The number of nitrogens with one attached hydrogen (secondary N) is 2. The summed E-state index contributed by atoms with van der Waals surface area (Å²) in [4.78, 5) is 4.73. The van der Waals surface area contributed by atoms with E-state index in [1.807, 2.05) is 47.3 Å². The quantitative estimate of drug-likeness (QED) is 0.158. The van der Waals surface area contributed by atoms with Crippen molar-refractivity contribution in [1.29, 1.82) is 0 Å². The highest BCUT2D eigenvalue weighted by atomic mass is 127. The summed E-state index contributed by atoms with van der Waals surface area (Å²) in [5.74, 6) is 0.569. The summed E-state index contributed by atoms with van der Waals surface area (Å²) in [6.45, 7) is 10.3. The number of sulfonamides is 1. The number of nitrogens with zero attached hydrogens (tertiary/aromatic N) is 3. The molecule has 0 aliphatic heterocycles. The first-order valence-corrected chi connectivity index (χ1v) is 18.2. The lowest BCUT2D eigenvalue weighted by Crippen LogP contribution is -2.16. The molecule has 11 heteroatoms. The molecule has 1 saturated carbocycles. The van der Waals surface area contributed by atoms with Gasteiger partial charge in [0.15, 0.2) is 0 Å². The van der Waals surface area contributed by atoms with Crippen LogP contribution in [0.5, 0.6) is 0 Å². The fourth-order valence-corrected chi connectivity index (χ4v) is 8.83. The van der Waals surface area contributed by atoms with Gasteiger partial charge in [0, 0.05) is 34.5 Å². The number of aromatic nitrogens is 3. The van der Waals surface area contributed by atoms with Crippen LogP contribution in [0.3, 0.4) is 0 Å². The largest absolute Gasteiger partial charge is 0.373 e. The van der Waals surface area contributed by atoms with E-state index in [-0.39, 0.29) is 22.2 Å². The van der Waals surface area contributed by atoms with Crippen LogP contribution >= 0.6 is 22.6 Å². The van der Waals surface area contributed by atoms with Gasteiger partial charge in [0.1, 0.15) is 28.0 Å². The first-order chi connectivity index (χ1) is 21.3. The molecule has 1 aliphatic carbocycles. The molecule has 2 aromatic carbocycles. The summed E-state index contributed by atoms with van der Waals surface area (Å²) in [5.41, 5.74) is 2.43. The Hall–Kier alpha value is -2.80. The van der Waals surface area contributed by atoms with Crippen molar-refractivity contribution in [2.45, 2.75) is 90.0 Å². The highest BCUT2D eigenvalue weighted by Gasteiger charge is 2.30. The average molecular weight is 750 g/mol. The third-order valence-electron chi connectivity index (χ3n) is 8.85. The minimum absolute atomic E-state index is 0.000115. The van der Waals surface area contributed by atoms with Crippen molar-refractivity contribution in [2.75, 3.05) is 17.1 Å². The number of anilines is 2. The average Bonchev–Trinajstić information content (AvgIpc) is 3.40. The smallest absolute Gasteiger partial charge is 0.263 e. The van der Waals surface area contributed by atoms with Gasteiger partial charge in [-0.2, -0.15) is 5.10 Å². The van der Waals surface area contributed by atoms with Gasteiger partial charge in [-0.05, 0) is 116 Å². The van der Waals surface area contributed by atoms with E-state index in [9.17, 15) is 8.42 Å². The van der Waals surface area contributed by atoms with Crippen molar-refractivity contribution in [3.63, 3.8) is 0 Å². The molecule has 0 amide bonds. The molecule has 0 radical (unpaired) electrons. The van der Waals surface area contributed by atoms with Gasteiger partial charge in [0.25, 0.3) is 10.0 Å². The lowest BCUT2D eigenvalue weighted by atomic mass is 9.76. The lowest BCUT2D eigenvalue weighted by molar-refractivity contribution is 0.293. The van der Waals surface area contributed by atoms with Crippen LogP contribution in [0.15, 0.2) is 41.4 Å². The molecule has 5 rings (SSSR count). The van der Waals surface area contributed by atoms with Gasteiger partial charge in [-0.3, -0.25) is 9.40 Å². The Bertz CT molecular complexity index is 1820. The van der Waals surface area contributed by atoms with Crippen LogP contribution in [-0.4, -0.2) is 30.2 Å². The molecule has 0 saturated heterocycles. The second kappa shape index (κ2) is 13.5. The summed E-state index contributed by atoms with van der Waals surface area (Å²) < 4.78 is 62.5. The normalized spacial score (nSPS) is 17.4. The molecule has 45 heavy (non-hydrogen) atoms. The van der Waals surface area contributed by atoms with Crippen LogP contribution in [0.1, 0.15) is 89.3 Å². The molecule has 1 aliphatic rings. The van der Waals surface area contributed by atoms with E-state index >= 15 is 8.78 Å². The molecular formula is C34H42F2IN5O2S. The first kappa shape index (κ1) is 33.6. The number of aryl methyl sites for hydroxylation is 1. The van der Waals surface area contributed by atoms with E-state index < -0.39 is 27.3 Å². The van der Waals surface area contributed by atoms with Crippen molar-refractivity contribution < 1.29 is 17.2 Å². The molecule has 2 heterocycles. The van der Waals surface area contributed by atoms with E-state index in [0.29, 0.717) is 26.6 Å². The highest BCUT2D eigenvalue weighted by molar-refractivity contribution is 14.1. The van der Waals surface area contributed by atoms with Gasteiger partial charge >= 0.3 is 0 Å². The van der Waals surface area contributed by atoms with Crippen molar-refractivity contribution in [2.24, 2.45) is 11.8 Å². The Kier molecular flexibility index (Phi) is 10.1. The Morgan fingerprint density at radius 2 is 1.76 bits per heavy atom. The van der Waals surface area contributed by atoms with Gasteiger partial charge in [-0.25, -0.2) is 22.2 Å². The number of pyridine rings is 1. The van der Waals surface area contributed by atoms with Gasteiger partial charge in [0.05, 0.1) is 16.6 Å². The molecule has 0 unspecified atom stereocenters. The summed E-state index contributed by atoms with van der Waals surface area (Å²) in [6.07, 6.45) is 8.84. The SMILES string of the molecule is CNc1ncc([C@H]2CC[C@H](CCC(C)C)CC2)c2c1c(-c1cc(F)c(NS(=O)(=O)c3cc(C)ccc3I)cc1F)nn2C(C)C. The predicted octanol–water partition coefficient (Wildman–Crippen LogP) is 9.42. The Balaban J connectivity index is 1.56. The number of benzene rings is 2. The number of rotatable bonds is 10. The Morgan fingerprint density at radius 1 is 1.04 bits per heavy atom. The Morgan fingerprint density at radius 3 is 2.40 bits per heavy atom. The minimum Gasteiger partial charge on any atom is -0.373 e. The fraction of sp³-hybridized carbons (Fsp3) is 0.471. The molecule has 2 N–H and O–H groups in total. The second-order valence-corrected chi connectivity index (χ2v) is 15.8. The van der Waals surface area contributed by atoms with E-state index in [1.54, 1.807) is 26.1 Å². The molecule has 2 aromatic heterocycles. The van der Waals surface area contributed by atoms with Crippen LogP contribution in [0.4, 0.5) is 20.3 Å². The summed E-state index contributed by atoms with van der Waals surface area (Å²) >= 11 is 1.91. The zero-order valence-electron chi connectivity index (χ0n) is 26.7. The van der Waals surface area contributed by atoms with E-state index in [1.165, 1.54) is 18.9 Å². The first-order valence-electron chi connectivity index (χ1n) is 15.7. The maximum atomic E-state index is 15.9. The van der Waals surface area contributed by atoms with E-state index in [4.69, 9.17) is 10.1 Å². The topological polar surface area (TPSA) is 88.9 Å². The molecule has 4 aromatic rings. The molecule has 242 valence electrons. The summed E-state index contributed by atoms with van der Waals surface area (Å²) in [6, 6.07) is 6.81. The molecular weight excluding hydrogens is 707 g/mol.